The van der Waals surface area contributed by atoms with Gasteiger partial charge in [-0.25, -0.2) is 4.98 Å². The van der Waals surface area contributed by atoms with Crippen LogP contribution in [0.15, 0.2) is 6.20 Å². The molecule has 0 saturated heterocycles. The van der Waals surface area contributed by atoms with E-state index in [0.29, 0.717) is 6.04 Å². The van der Waals surface area contributed by atoms with Crippen LogP contribution >= 0.6 is 11.8 Å². The van der Waals surface area contributed by atoms with Gasteiger partial charge in [0.25, 0.3) is 0 Å². The van der Waals surface area contributed by atoms with Crippen molar-refractivity contribution in [2.24, 2.45) is 0 Å². The van der Waals surface area contributed by atoms with Gasteiger partial charge in [-0.05, 0) is 26.0 Å². The zero-order valence-electron chi connectivity index (χ0n) is 10.2. The molecule has 1 heterocycles. The second-order valence-corrected chi connectivity index (χ2v) is 5.46. The Kier molecular flexibility index (Phi) is 4.16. The van der Waals surface area contributed by atoms with Gasteiger partial charge in [0.05, 0.1) is 5.69 Å². The summed E-state index contributed by atoms with van der Waals surface area (Å²) in [5.41, 5.74) is 1.12. The molecule has 0 aromatic carbocycles. The first-order valence-corrected chi connectivity index (χ1v) is 7.49. The van der Waals surface area contributed by atoms with Crippen LogP contribution in [-0.4, -0.2) is 28.1 Å². The van der Waals surface area contributed by atoms with Crippen LogP contribution in [-0.2, 0) is 0 Å². The van der Waals surface area contributed by atoms with Gasteiger partial charge < -0.3 is 9.88 Å². The van der Waals surface area contributed by atoms with Gasteiger partial charge in [0, 0.05) is 24.5 Å². The van der Waals surface area contributed by atoms with Crippen LogP contribution in [0.2, 0.25) is 0 Å². The Labute approximate surface area is 102 Å². The van der Waals surface area contributed by atoms with E-state index in [0.717, 1.165) is 23.9 Å². The number of thioether (sulfide) groups is 1. The smallest absolute Gasteiger partial charge is 0.203 e. The van der Waals surface area contributed by atoms with E-state index < -0.39 is 0 Å². The summed E-state index contributed by atoms with van der Waals surface area (Å²) in [6, 6.07) is 0.679. The van der Waals surface area contributed by atoms with E-state index in [-0.39, 0.29) is 0 Å². The van der Waals surface area contributed by atoms with Crippen molar-refractivity contribution in [2.75, 3.05) is 23.9 Å². The molecule has 3 nitrogen and oxygen atoms in total. The van der Waals surface area contributed by atoms with Crippen LogP contribution in [0.25, 0.3) is 0 Å². The van der Waals surface area contributed by atoms with E-state index in [4.69, 9.17) is 0 Å². The molecule has 0 atom stereocenters. The Morgan fingerprint density at radius 3 is 2.94 bits per heavy atom. The maximum atomic E-state index is 4.57. The average molecular weight is 239 g/mol. The zero-order valence-corrected chi connectivity index (χ0v) is 11.0. The van der Waals surface area contributed by atoms with Crippen molar-refractivity contribution in [2.45, 2.75) is 38.6 Å². The van der Waals surface area contributed by atoms with Crippen molar-refractivity contribution in [1.29, 1.82) is 0 Å². The predicted molar refractivity (Wildman–Crippen MR) is 71.3 cm³/mol. The molecular formula is C12H21N3S. The minimum atomic E-state index is 0.679. The van der Waals surface area contributed by atoms with Gasteiger partial charge in [-0.1, -0.05) is 12.8 Å². The summed E-state index contributed by atoms with van der Waals surface area (Å²) in [6.07, 6.45) is 9.69. The first kappa shape index (κ1) is 11.8. The molecule has 1 aliphatic rings. The van der Waals surface area contributed by atoms with Gasteiger partial charge in [-0.15, -0.1) is 0 Å². The van der Waals surface area contributed by atoms with Crippen LogP contribution < -0.4 is 5.32 Å². The molecule has 0 radical (unpaired) electrons. The summed E-state index contributed by atoms with van der Waals surface area (Å²) in [4.78, 5) is 4.57. The number of imidazole rings is 1. The molecule has 1 aromatic heterocycles. The molecule has 0 amide bonds. The Bertz CT molecular complexity index is 329. The van der Waals surface area contributed by atoms with Gasteiger partial charge >= 0.3 is 0 Å². The van der Waals surface area contributed by atoms with E-state index in [1.165, 1.54) is 25.7 Å². The maximum Gasteiger partial charge on any atom is 0.203 e. The van der Waals surface area contributed by atoms with Gasteiger partial charge in [0.2, 0.25) is 5.95 Å². The molecule has 1 aliphatic carbocycles. The molecule has 2 rings (SSSR count). The minimum Gasteiger partial charge on any atom is -0.355 e. The van der Waals surface area contributed by atoms with E-state index in [2.05, 4.69) is 34.2 Å². The highest BCUT2D eigenvalue weighted by Gasteiger charge is 2.19. The number of anilines is 1. The first-order valence-electron chi connectivity index (χ1n) is 6.09. The molecule has 0 bridgehead atoms. The lowest BCUT2D eigenvalue weighted by molar-refractivity contribution is 0.523. The SMILES string of the molecule is CSCCNc1nc(C)cn1C1CCCC1. The third kappa shape index (κ3) is 2.73. The summed E-state index contributed by atoms with van der Waals surface area (Å²) in [5.74, 6) is 2.20. The summed E-state index contributed by atoms with van der Waals surface area (Å²) >= 11 is 1.87. The molecule has 1 fully saturated rings. The number of rotatable bonds is 5. The Morgan fingerprint density at radius 1 is 1.50 bits per heavy atom. The fourth-order valence-electron chi connectivity index (χ4n) is 2.37. The topological polar surface area (TPSA) is 29.9 Å². The highest BCUT2D eigenvalue weighted by atomic mass is 32.2. The van der Waals surface area contributed by atoms with Gasteiger partial charge in [-0.3, -0.25) is 0 Å². The van der Waals surface area contributed by atoms with E-state index >= 15 is 0 Å². The third-order valence-corrected chi connectivity index (χ3v) is 3.77. The number of aryl methyl sites for hydroxylation is 1. The fourth-order valence-corrected chi connectivity index (χ4v) is 2.68. The highest BCUT2D eigenvalue weighted by molar-refractivity contribution is 7.98. The maximum absolute atomic E-state index is 4.57. The van der Waals surface area contributed by atoms with Crippen molar-refractivity contribution in [3.63, 3.8) is 0 Å². The fraction of sp³-hybridized carbons (Fsp3) is 0.750. The molecule has 4 heteroatoms. The number of nitrogens with zero attached hydrogens (tertiary/aromatic N) is 2. The molecule has 0 aliphatic heterocycles. The monoisotopic (exact) mass is 239 g/mol. The Balaban J connectivity index is 2.04. The van der Waals surface area contributed by atoms with Gasteiger partial charge in [0.15, 0.2) is 0 Å². The van der Waals surface area contributed by atoms with Crippen LogP contribution in [0.1, 0.15) is 37.4 Å². The summed E-state index contributed by atoms with van der Waals surface area (Å²) in [5, 5.41) is 3.44. The lowest BCUT2D eigenvalue weighted by Gasteiger charge is -2.15. The lowest BCUT2D eigenvalue weighted by Crippen LogP contribution is -2.12. The van der Waals surface area contributed by atoms with Crippen molar-refractivity contribution in [3.05, 3.63) is 11.9 Å². The van der Waals surface area contributed by atoms with Crippen LogP contribution in [0.4, 0.5) is 5.95 Å². The standard InChI is InChI=1S/C12H21N3S/c1-10-9-15(11-5-3-4-6-11)12(14-10)13-7-8-16-2/h9,11H,3-8H2,1-2H3,(H,13,14). The Morgan fingerprint density at radius 2 is 2.25 bits per heavy atom. The molecular weight excluding hydrogens is 218 g/mol. The normalized spacial score (nSPS) is 16.9. The molecule has 1 N–H and O–H groups in total. The summed E-state index contributed by atoms with van der Waals surface area (Å²) in [6.45, 7) is 3.08. The second kappa shape index (κ2) is 5.62. The lowest BCUT2D eigenvalue weighted by atomic mass is 10.2. The number of hydrogen-bond donors (Lipinski definition) is 1. The van der Waals surface area contributed by atoms with Crippen LogP contribution in [0, 0.1) is 6.92 Å². The molecule has 90 valence electrons. The molecule has 0 unspecified atom stereocenters. The van der Waals surface area contributed by atoms with Crippen molar-refractivity contribution >= 4 is 17.7 Å². The number of nitrogens with one attached hydrogen (secondary N) is 1. The van der Waals surface area contributed by atoms with Crippen LogP contribution in [0.5, 0.6) is 0 Å². The minimum absolute atomic E-state index is 0.679. The molecule has 1 aromatic rings. The zero-order chi connectivity index (χ0) is 11.4. The molecule has 16 heavy (non-hydrogen) atoms. The van der Waals surface area contributed by atoms with Crippen molar-refractivity contribution in [1.82, 2.24) is 9.55 Å². The predicted octanol–water partition coefficient (Wildman–Crippen LogP) is 3.08. The van der Waals surface area contributed by atoms with E-state index in [1.54, 1.807) is 0 Å². The van der Waals surface area contributed by atoms with Crippen LogP contribution in [0.3, 0.4) is 0 Å². The van der Waals surface area contributed by atoms with E-state index in [9.17, 15) is 0 Å². The summed E-state index contributed by atoms with van der Waals surface area (Å²) < 4.78 is 2.35. The molecule has 0 spiro atoms. The second-order valence-electron chi connectivity index (χ2n) is 4.47. The third-order valence-electron chi connectivity index (χ3n) is 3.16. The summed E-state index contributed by atoms with van der Waals surface area (Å²) in [7, 11) is 0. The van der Waals surface area contributed by atoms with Gasteiger partial charge in [0.1, 0.15) is 0 Å². The number of aromatic nitrogens is 2. The Hall–Kier alpha value is -0.640. The quantitative estimate of drug-likeness (QED) is 0.801. The van der Waals surface area contributed by atoms with E-state index in [1.807, 2.05) is 11.8 Å². The highest BCUT2D eigenvalue weighted by Crippen LogP contribution is 2.31. The largest absolute Gasteiger partial charge is 0.355 e. The van der Waals surface area contributed by atoms with Gasteiger partial charge in [-0.2, -0.15) is 11.8 Å². The number of hydrogen-bond acceptors (Lipinski definition) is 3. The first-order chi connectivity index (χ1) is 7.81. The van der Waals surface area contributed by atoms with Crippen molar-refractivity contribution in [3.8, 4) is 0 Å². The average Bonchev–Trinajstić information content (AvgIpc) is 2.87. The van der Waals surface area contributed by atoms with Crippen molar-refractivity contribution < 1.29 is 0 Å². The molecule has 1 saturated carbocycles.